The summed E-state index contributed by atoms with van der Waals surface area (Å²) in [5.41, 5.74) is 1.34. The molecule has 3 rings (SSSR count). The van der Waals surface area contributed by atoms with Crippen LogP contribution in [0, 0.1) is 0 Å². The molecule has 2 amide bonds. The Kier molecular flexibility index (Phi) is 4.61. The molecular weight excluding hydrogens is 322 g/mol. The summed E-state index contributed by atoms with van der Waals surface area (Å²) in [6.45, 7) is -0.429. The summed E-state index contributed by atoms with van der Waals surface area (Å²) in [7, 11) is 1.53. The van der Waals surface area contributed by atoms with Gasteiger partial charge in [-0.3, -0.25) is 9.59 Å². The third kappa shape index (κ3) is 3.28. The van der Waals surface area contributed by atoms with Gasteiger partial charge in [-0.15, -0.1) is 0 Å². The van der Waals surface area contributed by atoms with E-state index in [0.717, 1.165) is 4.90 Å². The normalized spacial score (nSPS) is 13.2. The van der Waals surface area contributed by atoms with Gasteiger partial charge >= 0.3 is 5.97 Å². The summed E-state index contributed by atoms with van der Waals surface area (Å²) in [6, 6.07) is 13.7. The van der Waals surface area contributed by atoms with Crippen molar-refractivity contribution in [2.24, 2.45) is 0 Å². The van der Waals surface area contributed by atoms with Crippen LogP contribution in [-0.2, 0) is 9.53 Å². The largest absolute Gasteiger partial charge is 0.496 e. The number of nitrogens with zero attached hydrogens (tertiary/aromatic N) is 1. The molecule has 0 aliphatic carbocycles. The Balaban J connectivity index is 1.63. The van der Waals surface area contributed by atoms with Crippen molar-refractivity contribution < 1.29 is 23.9 Å². The van der Waals surface area contributed by atoms with Crippen LogP contribution in [0.3, 0.4) is 0 Å². The second-order valence-corrected chi connectivity index (χ2v) is 5.25. The predicted octanol–water partition coefficient (Wildman–Crippen LogP) is 2.51. The molecular formula is C19H15NO5. The highest BCUT2D eigenvalue weighted by Gasteiger charge is 2.35. The van der Waals surface area contributed by atoms with Crippen LogP contribution in [0.4, 0.5) is 0 Å². The number of imide groups is 1. The number of rotatable bonds is 5. The van der Waals surface area contributed by atoms with Gasteiger partial charge in [-0.2, -0.15) is 0 Å². The average Bonchev–Trinajstić information content (AvgIpc) is 2.89. The van der Waals surface area contributed by atoms with Crippen molar-refractivity contribution in [1.29, 1.82) is 0 Å². The summed E-state index contributed by atoms with van der Waals surface area (Å²) in [4.78, 5) is 37.1. The number of benzene rings is 2. The van der Waals surface area contributed by atoms with Crippen LogP contribution >= 0.6 is 0 Å². The molecule has 25 heavy (non-hydrogen) atoms. The van der Waals surface area contributed by atoms with Gasteiger partial charge in [0, 0.05) is 11.6 Å². The molecule has 1 aliphatic heterocycles. The molecule has 0 bridgehead atoms. The van der Waals surface area contributed by atoms with Crippen LogP contribution < -0.4 is 4.74 Å². The number of fused-ring (bicyclic) bond motifs is 1. The van der Waals surface area contributed by atoms with E-state index < -0.39 is 24.5 Å². The number of ether oxygens (including phenoxy) is 2. The summed E-state index contributed by atoms with van der Waals surface area (Å²) in [5, 5.41) is 0. The summed E-state index contributed by atoms with van der Waals surface area (Å²) in [5.74, 6) is -0.987. The lowest BCUT2D eigenvalue weighted by Crippen LogP contribution is -2.32. The van der Waals surface area contributed by atoms with Crippen molar-refractivity contribution in [3.05, 3.63) is 71.3 Å². The van der Waals surface area contributed by atoms with Gasteiger partial charge in [-0.1, -0.05) is 30.3 Å². The van der Waals surface area contributed by atoms with Crippen LogP contribution in [0.1, 0.15) is 26.3 Å². The molecule has 1 aliphatic rings. The molecule has 0 saturated carbocycles. The summed E-state index contributed by atoms with van der Waals surface area (Å²) >= 11 is 0. The zero-order valence-corrected chi connectivity index (χ0v) is 13.5. The molecule has 0 spiro atoms. The Morgan fingerprint density at radius 2 is 1.60 bits per heavy atom. The van der Waals surface area contributed by atoms with Gasteiger partial charge < -0.3 is 9.47 Å². The molecule has 6 nitrogen and oxygen atoms in total. The zero-order chi connectivity index (χ0) is 17.8. The molecule has 0 radical (unpaired) electrons. The molecule has 126 valence electrons. The lowest BCUT2D eigenvalue weighted by Gasteiger charge is -2.12. The van der Waals surface area contributed by atoms with E-state index in [0.29, 0.717) is 22.4 Å². The van der Waals surface area contributed by atoms with Gasteiger partial charge in [0.15, 0.2) is 6.73 Å². The molecule has 6 heteroatoms. The van der Waals surface area contributed by atoms with Crippen molar-refractivity contribution in [3.63, 3.8) is 0 Å². The first-order valence-corrected chi connectivity index (χ1v) is 7.55. The van der Waals surface area contributed by atoms with Gasteiger partial charge in [0.2, 0.25) is 0 Å². The van der Waals surface area contributed by atoms with Gasteiger partial charge in [0.25, 0.3) is 11.8 Å². The van der Waals surface area contributed by atoms with E-state index in [2.05, 4.69) is 0 Å². The highest BCUT2D eigenvalue weighted by molar-refractivity contribution is 6.21. The van der Waals surface area contributed by atoms with Crippen molar-refractivity contribution >= 4 is 23.9 Å². The first-order valence-electron chi connectivity index (χ1n) is 7.55. The monoisotopic (exact) mass is 337 g/mol. The molecule has 0 saturated heterocycles. The number of esters is 1. The highest BCUT2D eigenvalue weighted by Crippen LogP contribution is 2.22. The quantitative estimate of drug-likeness (QED) is 0.476. The Morgan fingerprint density at radius 3 is 2.24 bits per heavy atom. The SMILES string of the molecule is COc1ccccc1C=CC(=O)OCN1C(=O)c2ccccc2C1=O. The van der Waals surface area contributed by atoms with Gasteiger partial charge in [0.1, 0.15) is 5.75 Å². The predicted molar refractivity (Wildman–Crippen MR) is 89.9 cm³/mol. The fourth-order valence-electron chi connectivity index (χ4n) is 2.49. The van der Waals surface area contributed by atoms with E-state index in [9.17, 15) is 14.4 Å². The number of hydrogen-bond donors (Lipinski definition) is 0. The van der Waals surface area contributed by atoms with E-state index in [1.54, 1.807) is 42.5 Å². The third-order valence-corrected chi connectivity index (χ3v) is 3.75. The van der Waals surface area contributed by atoms with Crippen LogP contribution in [0.25, 0.3) is 6.08 Å². The minimum Gasteiger partial charge on any atom is -0.496 e. The number of para-hydroxylation sites is 1. The maximum Gasteiger partial charge on any atom is 0.332 e. The number of methoxy groups -OCH3 is 1. The third-order valence-electron chi connectivity index (χ3n) is 3.75. The van der Waals surface area contributed by atoms with Crippen LogP contribution in [0.15, 0.2) is 54.6 Å². The molecule has 0 aromatic heterocycles. The summed E-state index contributed by atoms with van der Waals surface area (Å²) < 4.78 is 10.2. The smallest absolute Gasteiger partial charge is 0.332 e. The standard InChI is InChI=1S/C19H15NO5/c1-24-16-9-5-2-6-13(16)10-11-17(21)25-12-20-18(22)14-7-3-4-8-15(14)19(20)23/h2-11H,12H2,1H3. The van der Waals surface area contributed by atoms with Crippen molar-refractivity contribution in [3.8, 4) is 5.75 Å². The second kappa shape index (κ2) is 7.00. The van der Waals surface area contributed by atoms with Gasteiger partial charge in [0.05, 0.1) is 18.2 Å². The summed E-state index contributed by atoms with van der Waals surface area (Å²) in [6.07, 6.45) is 2.76. The Hall–Kier alpha value is -3.41. The minimum absolute atomic E-state index is 0.313. The van der Waals surface area contributed by atoms with E-state index in [1.165, 1.54) is 13.2 Å². The molecule has 0 N–H and O–H groups in total. The van der Waals surface area contributed by atoms with Gasteiger partial charge in [-0.25, -0.2) is 9.69 Å². The van der Waals surface area contributed by atoms with E-state index >= 15 is 0 Å². The molecule has 0 fully saturated rings. The number of carbonyl (C=O) groups is 3. The van der Waals surface area contributed by atoms with Gasteiger partial charge in [-0.05, 0) is 24.3 Å². The minimum atomic E-state index is -0.664. The highest BCUT2D eigenvalue weighted by atomic mass is 16.5. The van der Waals surface area contributed by atoms with Crippen molar-refractivity contribution in [1.82, 2.24) is 4.90 Å². The first kappa shape index (κ1) is 16.4. The molecule has 2 aromatic carbocycles. The molecule has 0 unspecified atom stereocenters. The fourth-order valence-corrected chi connectivity index (χ4v) is 2.49. The van der Waals surface area contributed by atoms with Crippen LogP contribution in [0.5, 0.6) is 5.75 Å². The second-order valence-electron chi connectivity index (χ2n) is 5.25. The van der Waals surface area contributed by atoms with Crippen molar-refractivity contribution in [2.45, 2.75) is 0 Å². The Bertz CT molecular complexity index is 837. The number of hydrogen-bond acceptors (Lipinski definition) is 5. The van der Waals surface area contributed by atoms with Crippen LogP contribution in [-0.4, -0.2) is 36.5 Å². The fraction of sp³-hybridized carbons (Fsp3) is 0.105. The van der Waals surface area contributed by atoms with E-state index in [1.807, 2.05) is 12.1 Å². The zero-order valence-electron chi connectivity index (χ0n) is 13.5. The number of amides is 2. The maximum atomic E-state index is 12.2. The first-order chi connectivity index (χ1) is 12.1. The molecule has 1 heterocycles. The lowest BCUT2D eigenvalue weighted by molar-refractivity contribution is -0.140. The molecule has 2 aromatic rings. The van der Waals surface area contributed by atoms with Crippen LogP contribution in [0.2, 0.25) is 0 Å². The number of carbonyl (C=O) groups excluding carboxylic acids is 3. The topological polar surface area (TPSA) is 72.9 Å². The maximum absolute atomic E-state index is 12.2. The Labute approximate surface area is 144 Å². The molecule has 0 atom stereocenters. The lowest BCUT2D eigenvalue weighted by atomic mass is 10.1. The van der Waals surface area contributed by atoms with E-state index in [4.69, 9.17) is 9.47 Å². The average molecular weight is 337 g/mol. The Morgan fingerprint density at radius 1 is 1.00 bits per heavy atom. The van der Waals surface area contributed by atoms with Crippen molar-refractivity contribution in [2.75, 3.05) is 13.8 Å². The van der Waals surface area contributed by atoms with E-state index in [-0.39, 0.29) is 0 Å².